The number of hydrogen-bond donors (Lipinski definition) is 2. The molecular weight excluding hydrogens is 448 g/mol. The molecule has 174 valence electrons. The highest BCUT2D eigenvalue weighted by Crippen LogP contribution is 2.24. The average molecular weight is 473 g/mol. The van der Waals surface area contributed by atoms with Gasteiger partial charge in [-0.2, -0.15) is 0 Å². The van der Waals surface area contributed by atoms with Gasteiger partial charge in [0.15, 0.2) is 0 Å². The van der Waals surface area contributed by atoms with Crippen molar-refractivity contribution < 1.29 is 19.1 Å². The van der Waals surface area contributed by atoms with Crippen LogP contribution in [0.5, 0.6) is 11.6 Å². The third-order valence-corrected chi connectivity index (χ3v) is 5.58. The lowest BCUT2D eigenvalue weighted by Gasteiger charge is -2.12. The molecule has 0 unspecified atom stereocenters. The second-order valence-corrected chi connectivity index (χ2v) is 7.86. The van der Waals surface area contributed by atoms with Crippen LogP contribution in [0, 0.1) is 0 Å². The third-order valence-electron chi connectivity index (χ3n) is 4.61. The van der Waals surface area contributed by atoms with Crippen LogP contribution in [0.25, 0.3) is 0 Å². The summed E-state index contributed by atoms with van der Waals surface area (Å²) in [5, 5.41) is 13.4. The summed E-state index contributed by atoms with van der Waals surface area (Å²) in [7, 11) is 2.65. The number of furan rings is 1. The van der Waals surface area contributed by atoms with Gasteiger partial charge in [0, 0.05) is 14.1 Å². The molecule has 0 saturated heterocycles. The Morgan fingerprint density at radius 2 is 1.91 bits per heavy atom. The van der Waals surface area contributed by atoms with E-state index < -0.39 is 17.1 Å². The Kier molecular flexibility index (Phi) is 7.78. The zero-order valence-corrected chi connectivity index (χ0v) is 19.2. The number of aromatic nitrogens is 2. The number of nitrogens with one attached hydrogen (secondary N) is 1. The maximum absolute atomic E-state index is 12.8. The van der Waals surface area contributed by atoms with Gasteiger partial charge in [0.2, 0.25) is 11.8 Å². The fourth-order valence-electron chi connectivity index (χ4n) is 2.87. The molecule has 3 aromatic rings. The van der Waals surface area contributed by atoms with Gasteiger partial charge in [-0.25, -0.2) is 9.79 Å². The molecule has 1 aromatic carbocycles. The van der Waals surface area contributed by atoms with E-state index in [1.807, 2.05) is 6.92 Å². The Bertz CT molecular complexity index is 1260. The summed E-state index contributed by atoms with van der Waals surface area (Å²) in [6.07, 6.45) is 1.51. The first-order valence-electron chi connectivity index (χ1n) is 10.0. The number of aliphatic imine (C=N–C) groups is 1. The van der Waals surface area contributed by atoms with Crippen molar-refractivity contribution in [3.8, 4) is 11.6 Å². The standard InChI is InChI=1S/C22H24N4O6S/c1-4-31-15-9-7-14(8-10-15)24-19(18-20(28)25(2)22(30)26(3)21(18)29)33-13-17(27)23-12-16-6-5-11-32-16/h5-11,28H,4,12-13H2,1-3H3,(H,23,27). The van der Waals surface area contributed by atoms with E-state index in [0.29, 0.717) is 23.8 Å². The minimum Gasteiger partial charge on any atom is -0.494 e. The minimum atomic E-state index is -0.719. The first-order valence-corrected chi connectivity index (χ1v) is 11.0. The second kappa shape index (κ2) is 10.7. The van der Waals surface area contributed by atoms with Crippen molar-refractivity contribution in [3.63, 3.8) is 0 Å². The number of ether oxygens (including phenoxy) is 1. The van der Waals surface area contributed by atoms with Gasteiger partial charge in [-0.05, 0) is 43.3 Å². The Hall–Kier alpha value is -3.73. The van der Waals surface area contributed by atoms with Crippen LogP contribution in [0.1, 0.15) is 18.2 Å². The van der Waals surface area contributed by atoms with E-state index >= 15 is 0 Å². The summed E-state index contributed by atoms with van der Waals surface area (Å²) in [5.41, 5.74) is -1.09. The number of benzene rings is 1. The monoisotopic (exact) mass is 472 g/mol. The molecule has 2 heterocycles. The van der Waals surface area contributed by atoms with Crippen LogP contribution < -0.4 is 21.3 Å². The lowest BCUT2D eigenvalue weighted by atomic mass is 10.3. The third kappa shape index (κ3) is 5.75. The normalized spacial score (nSPS) is 11.4. The Balaban J connectivity index is 1.92. The van der Waals surface area contributed by atoms with Gasteiger partial charge in [0.25, 0.3) is 5.56 Å². The van der Waals surface area contributed by atoms with Crippen LogP contribution in [0.3, 0.4) is 0 Å². The highest BCUT2D eigenvalue weighted by atomic mass is 32.2. The van der Waals surface area contributed by atoms with Gasteiger partial charge in [-0.1, -0.05) is 11.8 Å². The molecule has 0 spiro atoms. The summed E-state index contributed by atoms with van der Waals surface area (Å²) >= 11 is 0.968. The molecule has 0 aliphatic carbocycles. The molecule has 3 rings (SSSR count). The Morgan fingerprint density at radius 1 is 1.18 bits per heavy atom. The highest BCUT2D eigenvalue weighted by molar-refractivity contribution is 8.15. The molecule has 33 heavy (non-hydrogen) atoms. The summed E-state index contributed by atoms with van der Waals surface area (Å²) in [4.78, 5) is 41.8. The number of nitrogens with zero attached hydrogens (tertiary/aromatic N) is 3. The fourth-order valence-corrected chi connectivity index (χ4v) is 3.73. The highest BCUT2D eigenvalue weighted by Gasteiger charge is 2.22. The molecule has 0 bridgehead atoms. The number of carbonyl (C=O) groups excluding carboxylic acids is 1. The molecule has 11 heteroatoms. The summed E-state index contributed by atoms with van der Waals surface area (Å²) in [5.74, 6) is 0.320. The van der Waals surface area contributed by atoms with E-state index in [1.54, 1.807) is 36.4 Å². The van der Waals surface area contributed by atoms with Crippen molar-refractivity contribution in [1.82, 2.24) is 14.5 Å². The number of thioether (sulfide) groups is 1. The number of aromatic hydroxyl groups is 1. The SMILES string of the molecule is CCOc1ccc(N=C(SCC(=O)NCc2ccco2)c2c(O)n(C)c(=O)n(C)c2=O)cc1. The fraction of sp³-hybridized carbons (Fsp3) is 0.273. The maximum Gasteiger partial charge on any atom is 0.333 e. The van der Waals surface area contributed by atoms with E-state index in [9.17, 15) is 19.5 Å². The molecular formula is C22H24N4O6S. The van der Waals surface area contributed by atoms with Crippen molar-refractivity contribution in [1.29, 1.82) is 0 Å². The molecule has 10 nitrogen and oxygen atoms in total. The molecule has 0 radical (unpaired) electrons. The van der Waals surface area contributed by atoms with Crippen LogP contribution in [0.15, 0.2) is 61.7 Å². The van der Waals surface area contributed by atoms with E-state index in [-0.39, 0.29) is 28.8 Å². The first kappa shape index (κ1) is 23.9. The molecule has 0 fully saturated rings. The predicted octanol–water partition coefficient (Wildman–Crippen LogP) is 1.91. The van der Waals surface area contributed by atoms with Gasteiger partial charge in [-0.15, -0.1) is 0 Å². The largest absolute Gasteiger partial charge is 0.494 e. The van der Waals surface area contributed by atoms with Gasteiger partial charge in [-0.3, -0.25) is 18.7 Å². The van der Waals surface area contributed by atoms with E-state index in [2.05, 4.69) is 10.3 Å². The molecule has 2 N–H and O–H groups in total. The van der Waals surface area contributed by atoms with Crippen molar-refractivity contribution in [3.05, 3.63) is 74.8 Å². The maximum atomic E-state index is 12.8. The first-order chi connectivity index (χ1) is 15.8. The van der Waals surface area contributed by atoms with Crippen LogP contribution in [0.4, 0.5) is 5.69 Å². The number of amides is 1. The van der Waals surface area contributed by atoms with E-state index in [4.69, 9.17) is 9.15 Å². The topological polar surface area (TPSA) is 128 Å². The molecule has 0 saturated carbocycles. The van der Waals surface area contributed by atoms with Crippen molar-refractivity contribution >= 4 is 28.4 Å². The molecule has 0 aliphatic heterocycles. The van der Waals surface area contributed by atoms with Crippen LogP contribution in [-0.4, -0.2) is 37.6 Å². The van der Waals surface area contributed by atoms with Crippen molar-refractivity contribution in [2.75, 3.05) is 12.4 Å². The summed E-state index contributed by atoms with van der Waals surface area (Å²) in [6.45, 7) is 2.60. The van der Waals surface area contributed by atoms with Crippen LogP contribution in [0.2, 0.25) is 0 Å². The minimum absolute atomic E-state index is 0.0813. The lowest BCUT2D eigenvalue weighted by Crippen LogP contribution is -2.39. The second-order valence-electron chi connectivity index (χ2n) is 6.89. The summed E-state index contributed by atoms with van der Waals surface area (Å²) in [6, 6.07) is 10.3. The zero-order chi connectivity index (χ0) is 24.0. The quantitative estimate of drug-likeness (QED) is 0.379. The Morgan fingerprint density at radius 3 is 2.55 bits per heavy atom. The van der Waals surface area contributed by atoms with Crippen LogP contribution >= 0.6 is 11.8 Å². The molecule has 0 atom stereocenters. The van der Waals surface area contributed by atoms with E-state index in [0.717, 1.165) is 20.9 Å². The number of carbonyl (C=O) groups is 1. The van der Waals surface area contributed by atoms with Crippen molar-refractivity contribution in [2.24, 2.45) is 19.1 Å². The molecule has 2 aromatic heterocycles. The molecule has 0 aliphatic rings. The van der Waals surface area contributed by atoms with Gasteiger partial charge >= 0.3 is 5.69 Å². The lowest BCUT2D eigenvalue weighted by molar-refractivity contribution is -0.118. The number of rotatable bonds is 8. The zero-order valence-electron chi connectivity index (χ0n) is 18.4. The average Bonchev–Trinajstić information content (AvgIpc) is 3.33. The van der Waals surface area contributed by atoms with Crippen LogP contribution in [-0.2, 0) is 25.4 Å². The predicted molar refractivity (Wildman–Crippen MR) is 125 cm³/mol. The summed E-state index contributed by atoms with van der Waals surface area (Å²) < 4.78 is 12.4. The van der Waals surface area contributed by atoms with E-state index in [1.165, 1.54) is 20.4 Å². The van der Waals surface area contributed by atoms with Gasteiger partial charge < -0.3 is 19.6 Å². The smallest absolute Gasteiger partial charge is 0.333 e. The Labute approximate surface area is 193 Å². The number of hydrogen-bond acceptors (Lipinski definition) is 8. The van der Waals surface area contributed by atoms with Crippen molar-refractivity contribution in [2.45, 2.75) is 13.5 Å². The molecule has 1 amide bonds. The van der Waals surface area contributed by atoms with Gasteiger partial charge in [0.1, 0.15) is 22.1 Å². The van der Waals surface area contributed by atoms with Gasteiger partial charge in [0.05, 0.1) is 30.9 Å².